The summed E-state index contributed by atoms with van der Waals surface area (Å²) in [4.78, 5) is 20.2. The van der Waals surface area contributed by atoms with Crippen LogP contribution >= 0.6 is 11.3 Å². The molecule has 1 aromatic carbocycles. The maximum absolute atomic E-state index is 13.3. The van der Waals surface area contributed by atoms with Gasteiger partial charge in [-0.1, -0.05) is 13.0 Å². The average molecular weight is 370 g/mol. The fraction of sp³-hybridized carbons (Fsp3) is 0.316. The second kappa shape index (κ2) is 6.99. The number of hydrogen-bond donors (Lipinski definition) is 0. The molecule has 1 amide bonds. The highest BCUT2D eigenvalue weighted by Gasteiger charge is 2.27. The van der Waals surface area contributed by atoms with Crippen LogP contribution in [0.3, 0.4) is 0 Å². The summed E-state index contributed by atoms with van der Waals surface area (Å²) in [6, 6.07) is 9.90. The minimum absolute atomic E-state index is 0.143. The Balaban J connectivity index is 1.74. The Morgan fingerprint density at radius 2 is 2.08 bits per heavy atom. The monoisotopic (exact) mass is 370 g/mol. The van der Waals surface area contributed by atoms with Crippen LogP contribution in [0, 0.1) is 11.7 Å². The zero-order chi connectivity index (χ0) is 18.1. The number of likely N-dealkylation sites (tertiary alicyclic amines) is 1. The van der Waals surface area contributed by atoms with E-state index in [1.807, 2.05) is 22.4 Å². The molecule has 1 unspecified atom stereocenters. The molecule has 0 radical (unpaired) electrons. The number of carbonyl (C=O) groups is 1. The molecule has 0 saturated carbocycles. The second-order valence-corrected chi connectivity index (χ2v) is 7.57. The van der Waals surface area contributed by atoms with Gasteiger partial charge in [0.05, 0.1) is 10.6 Å². The molecule has 0 N–H and O–H groups in total. The van der Waals surface area contributed by atoms with E-state index >= 15 is 0 Å². The van der Waals surface area contributed by atoms with Gasteiger partial charge in [-0.3, -0.25) is 4.79 Å². The summed E-state index contributed by atoms with van der Waals surface area (Å²) < 4.78 is 14.9. The van der Waals surface area contributed by atoms with Gasteiger partial charge in [0.2, 0.25) is 5.82 Å². The number of rotatable bonds is 3. The van der Waals surface area contributed by atoms with Gasteiger partial charge in [0.25, 0.3) is 5.91 Å². The van der Waals surface area contributed by atoms with Crippen molar-refractivity contribution in [1.82, 2.24) is 19.7 Å². The number of nitrogens with zero attached hydrogens (tertiary/aromatic N) is 4. The van der Waals surface area contributed by atoms with Gasteiger partial charge < -0.3 is 4.90 Å². The maximum Gasteiger partial charge on any atom is 0.293 e. The number of benzene rings is 1. The van der Waals surface area contributed by atoms with Gasteiger partial charge in [-0.2, -0.15) is 0 Å². The number of aromatic nitrogens is 3. The van der Waals surface area contributed by atoms with Crippen LogP contribution in [-0.2, 0) is 0 Å². The molecule has 0 spiro atoms. The first-order valence-corrected chi connectivity index (χ1v) is 9.56. The fourth-order valence-electron chi connectivity index (χ4n) is 3.25. The first-order valence-electron chi connectivity index (χ1n) is 8.68. The van der Waals surface area contributed by atoms with Crippen LogP contribution in [0.4, 0.5) is 4.39 Å². The van der Waals surface area contributed by atoms with E-state index in [9.17, 15) is 9.18 Å². The third kappa shape index (κ3) is 3.26. The lowest BCUT2D eigenvalue weighted by atomic mass is 10.0. The second-order valence-electron chi connectivity index (χ2n) is 6.62. The van der Waals surface area contributed by atoms with Gasteiger partial charge in [-0.05, 0) is 54.5 Å². The van der Waals surface area contributed by atoms with Crippen molar-refractivity contribution in [3.63, 3.8) is 0 Å². The molecular weight excluding hydrogens is 351 g/mol. The number of piperidine rings is 1. The van der Waals surface area contributed by atoms with Crippen LogP contribution < -0.4 is 0 Å². The van der Waals surface area contributed by atoms with Crippen molar-refractivity contribution in [2.24, 2.45) is 5.92 Å². The molecule has 1 aliphatic rings. The number of amides is 1. The van der Waals surface area contributed by atoms with Crippen LogP contribution in [0.15, 0.2) is 41.8 Å². The highest BCUT2D eigenvalue weighted by molar-refractivity contribution is 7.13. The Morgan fingerprint density at radius 3 is 2.77 bits per heavy atom. The fourth-order valence-corrected chi connectivity index (χ4v) is 3.94. The number of thiophene rings is 1. The molecule has 1 fully saturated rings. The van der Waals surface area contributed by atoms with Gasteiger partial charge in [-0.15, -0.1) is 16.4 Å². The molecule has 0 bridgehead atoms. The number of carbonyl (C=O) groups excluding carboxylic acids is 1. The lowest BCUT2D eigenvalue weighted by Crippen LogP contribution is -2.39. The first kappa shape index (κ1) is 16.9. The Kier molecular flexibility index (Phi) is 4.55. The largest absolute Gasteiger partial charge is 0.336 e. The van der Waals surface area contributed by atoms with Crippen LogP contribution in [-0.4, -0.2) is 38.7 Å². The standard InChI is InChI=1S/C19H19FN4OS/c1-13-4-2-10-23(12-13)19(25)17-21-18(16-5-3-11-26-16)24(22-17)15-8-6-14(20)7-9-15/h3,5-9,11,13H,2,4,10,12H2,1H3. The molecule has 3 aromatic rings. The van der Waals surface area contributed by atoms with E-state index in [4.69, 9.17) is 0 Å². The average Bonchev–Trinajstić information content (AvgIpc) is 3.31. The molecule has 1 aliphatic heterocycles. The van der Waals surface area contributed by atoms with Crippen molar-refractivity contribution in [3.05, 3.63) is 53.4 Å². The summed E-state index contributed by atoms with van der Waals surface area (Å²) in [6.07, 6.45) is 2.14. The summed E-state index contributed by atoms with van der Waals surface area (Å²) in [5, 5.41) is 6.42. The van der Waals surface area contributed by atoms with E-state index in [0.717, 1.165) is 30.8 Å². The van der Waals surface area contributed by atoms with E-state index in [1.54, 1.807) is 16.8 Å². The normalized spacial score (nSPS) is 17.5. The molecule has 2 aromatic heterocycles. The van der Waals surface area contributed by atoms with Gasteiger partial charge in [0.1, 0.15) is 5.82 Å². The molecule has 1 saturated heterocycles. The highest BCUT2D eigenvalue weighted by atomic mass is 32.1. The van der Waals surface area contributed by atoms with E-state index < -0.39 is 0 Å². The zero-order valence-electron chi connectivity index (χ0n) is 14.4. The quantitative estimate of drug-likeness (QED) is 0.700. The molecule has 0 aliphatic carbocycles. The molecule has 5 nitrogen and oxygen atoms in total. The molecule has 26 heavy (non-hydrogen) atoms. The van der Waals surface area contributed by atoms with E-state index in [2.05, 4.69) is 17.0 Å². The summed E-state index contributed by atoms with van der Waals surface area (Å²) in [7, 11) is 0. The van der Waals surface area contributed by atoms with Gasteiger partial charge in [0.15, 0.2) is 5.82 Å². The molecule has 3 heterocycles. The Labute approximate surface area is 155 Å². The van der Waals surface area contributed by atoms with Gasteiger partial charge in [0, 0.05) is 13.1 Å². The summed E-state index contributed by atoms with van der Waals surface area (Å²) in [6.45, 7) is 3.63. The summed E-state index contributed by atoms with van der Waals surface area (Å²) in [5.41, 5.74) is 0.674. The van der Waals surface area contributed by atoms with E-state index in [-0.39, 0.29) is 17.5 Å². The third-order valence-electron chi connectivity index (χ3n) is 4.56. The number of hydrogen-bond acceptors (Lipinski definition) is 4. The first-order chi connectivity index (χ1) is 12.6. The number of halogens is 1. The van der Waals surface area contributed by atoms with Crippen molar-refractivity contribution in [2.45, 2.75) is 19.8 Å². The minimum Gasteiger partial charge on any atom is -0.336 e. The minimum atomic E-state index is -0.315. The predicted octanol–water partition coefficient (Wildman–Crippen LogP) is 4.01. The Morgan fingerprint density at radius 1 is 1.27 bits per heavy atom. The van der Waals surface area contributed by atoms with Crippen molar-refractivity contribution >= 4 is 17.2 Å². The lowest BCUT2D eigenvalue weighted by Gasteiger charge is -2.29. The van der Waals surface area contributed by atoms with Crippen LogP contribution in [0.1, 0.15) is 30.4 Å². The third-order valence-corrected chi connectivity index (χ3v) is 5.42. The summed E-state index contributed by atoms with van der Waals surface area (Å²) >= 11 is 1.53. The SMILES string of the molecule is CC1CCCN(C(=O)c2nc(-c3cccs3)n(-c3ccc(F)cc3)n2)C1. The van der Waals surface area contributed by atoms with Crippen LogP contribution in [0.2, 0.25) is 0 Å². The Hall–Kier alpha value is -2.54. The Bertz CT molecular complexity index is 904. The van der Waals surface area contributed by atoms with Crippen molar-refractivity contribution in [1.29, 1.82) is 0 Å². The zero-order valence-corrected chi connectivity index (χ0v) is 15.2. The molecule has 4 rings (SSSR count). The van der Waals surface area contributed by atoms with Crippen LogP contribution in [0.5, 0.6) is 0 Å². The molecule has 1 atom stereocenters. The van der Waals surface area contributed by atoms with Crippen molar-refractivity contribution in [2.75, 3.05) is 13.1 Å². The van der Waals surface area contributed by atoms with Crippen molar-refractivity contribution < 1.29 is 9.18 Å². The lowest BCUT2D eigenvalue weighted by molar-refractivity contribution is 0.0670. The van der Waals surface area contributed by atoms with E-state index in [1.165, 1.54) is 23.5 Å². The van der Waals surface area contributed by atoms with Gasteiger partial charge >= 0.3 is 0 Å². The molecular formula is C19H19FN4OS. The highest BCUT2D eigenvalue weighted by Crippen LogP contribution is 2.26. The molecule has 7 heteroatoms. The van der Waals surface area contributed by atoms with E-state index in [0.29, 0.717) is 17.4 Å². The molecule has 134 valence electrons. The smallest absolute Gasteiger partial charge is 0.293 e. The van der Waals surface area contributed by atoms with Crippen molar-refractivity contribution in [3.8, 4) is 16.4 Å². The predicted molar refractivity (Wildman–Crippen MR) is 98.9 cm³/mol. The van der Waals surface area contributed by atoms with Gasteiger partial charge in [-0.25, -0.2) is 14.1 Å². The van der Waals surface area contributed by atoms with Crippen LogP contribution in [0.25, 0.3) is 16.4 Å². The summed E-state index contributed by atoms with van der Waals surface area (Å²) in [5.74, 6) is 0.816. The topological polar surface area (TPSA) is 51.0 Å². The maximum atomic E-state index is 13.3.